The van der Waals surface area contributed by atoms with E-state index >= 15 is 0 Å². The molecule has 1 atom stereocenters. The molecule has 0 amide bonds. The predicted molar refractivity (Wildman–Crippen MR) is 120 cm³/mol. The molecule has 1 fully saturated rings. The zero-order valence-electron chi connectivity index (χ0n) is 15.6. The van der Waals surface area contributed by atoms with Crippen molar-refractivity contribution in [3.8, 4) is 5.75 Å². The number of para-hydroxylation sites is 1. The van der Waals surface area contributed by atoms with Crippen LogP contribution in [0.5, 0.6) is 5.75 Å². The fourth-order valence-corrected chi connectivity index (χ4v) is 4.08. The highest BCUT2D eigenvalue weighted by molar-refractivity contribution is 14.0. The summed E-state index contributed by atoms with van der Waals surface area (Å²) in [5.41, 5.74) is 1.29. The van der Waals surface area contributed by atoms with Gasteiger partial charge in [0, 0.05) is 30.9 Å². The lowest BCUT2D eigenvalue weighted by Gasteiger charge is -2.34. The average Bonchev–Trinajstić information content (AvgIpc) is 3.08. The highest BCUT2D eigenvalue weighted by atomic mass is 127. The molecular weight excluding hydrogens is 461 g/mol. The van der Waals surface area contributed by atoms with E-state index in [-0.39, 0.29) is 34.8 Å². The third-order valence-electron chi connectivity index (χ3n) is 4.92. The number of halogens is 1. The van der Waals surface area contributed by atoms with E-state index in [1.807, 2.05) is 23.9 Å². The van der Waals surface area contributed by atoms with E-state index in [1.165, 1.54) is 5.56 Å². The van der Waals surface area contributed by atoms with Crippen molar-refractivity contribution < 1.29 is 9.47 Å². The normalized spacial score (nSPS) is 21.3. The second-order valence-electron chi connectivity index (χ2n) is 6.63. The van der Waals surface area contributed by atoms with Crippen LogP contribution in [0.4, 0.5) is 0 Å². The summed E-state index contributed by atoms with van der Waals surface area (Å²) in [7, 11) is 0. The van der Waals surface area contributed by atoms with Crippen molar-refractivity contribution in [2.75, 3.05) is 39.1 Å². The van der Waals surface area contributed by atoms with Crippen LogP contribution < -0.4 is 15.4 Å². The average molecular weight is 491 g/mol. The van der Waals surface area contributed by atoms with Gasteiger partial charge >= 0.3 is 0 Å². The standard InChI is InChI=1S/C19H29N3O2S.HI/c1-3-20-18(22-14-19(25-2)8-10-23-11-9-19)21-13-16-12-15-6-4-5-7-17(15)24-16;/h4-7,16H,3,8-14H2,1-2H3,(H2,20,21,22);1H. The second-order valence-corrected chi connectivity index (χ2v) is 7.90. The van der Waals surface area contributed by atoms with Crippen LogP contribution in [0.25, 0.3) is 0 Å². The van der Waals surface area contributed by atoms with Gasteiger partial charge in [-0.1, -0.05) is 18.2 Å². The molecule has 7 heteroatoms. The minimum Gasteiger partial charge on any atom is -0.488 e. The Balaban J connectivity index is 0.00000243. The Kier molecular flexibility index (Phi) is 8.83. The fourth-order valence-electron chi connectivity index (χ4n) is 3.31. The van der Waals surface area contributed by atoms with E-state index in [9.17, 15) is 0 Å². The summed E-state index contributed by atoms with van der Waals surface area (Å²) in [6.45, 7) is 6.21. The molecule has 0 radical (unpaired) electrons. The first-order valence-corrected chi connectivity index (χ1v) is 10.4. The van der Waals surface area contributed by atoms with Gasteiger partial charge in [-0.15, -0.1) is 24.0 Å². The molecule has 2 aliphatic rings. The van der Waals surface area contributed by atoms with Gasteiger partial charge in [0.05, 0.1) is 13.1 Å². The Morgan fingerprint density at radius 3 is 2.73 bits per heavy atom. The zero-order valence-corrected chi connectivity index (χ0v) is 18.8. The van der Waals surface area contributed by atoms with Gasteiger partial charge < -0.3 is 20.1 Å². The van der Waals surface area contributed by atoms with Gasteiger partial charge in [0.15, 0.2) is 5.96 Å². The molecule has 1 aromatic rings. The number of hydrogen-bond donors (Lipinski definition) is 2. The maximum atomic E-state index is 6.01. The largest absolute Gasteiger partial charge is 0.488 e. The topological polar surface area (TPSA) is 54.9 Å². The van der Waals surface area contributed by atoms with Crippen LogP contribution in [0, 0.1) is 0 Å². The summed E-state index contributed by atoms with van der Waals surface area (Å²) in [4.78, 5) is 4.85. The summed E-state index contributed by atoms with van der Waals surface area (Å²) in [6.07, 6.45) is 5.44. The number of ether oxygens (including phenoxy) is 2. The molecule has 26 heavy (non-hydrogen) atoms. The van der Waals surface area contributed by atoms with Crippen molar-refractivity contribution in [2.24, 2.45) is 4.99 Å². The van der Waals surface area contributed by atoms with Crippen molar-refractivity contribution in [2.45, 2.75) is 37.0 Å². The molecule has 1 saturated heterocycles. The number of benzene rings is 1. The van der Waals surface area contributed by atoms with Crippen LogP contribution in [0.2, 0.25) is 0 Å². The van der Waals surface area contributed by atoms with Gasteiger partial charge in [0.25, 0.3) is 0 Å². The quantitative estimate of drug-likeness (QED) is 0.364. The number of fused-ring (bicyclic) bond motifs is 1. The summed E-state index contributed by atoms with van der Waals surface area (Å²) < 4.78 is 11.7. The molecule has 0 spiro atoms. The number of rotatable bonds is 6. The molecule has 3 rings (SSSR count). The van der Waals surface area contributed by atoms with Gasteiger partial charge in [0.1, 0.15) is 11.9 Å². The first-order valence-electron chi connectivity index (χ1n) is 9.14. The zero-order chi connectivity index (χ0) is 17.5. The molecule has 0 aromatic heterocycles. The number of nitrogens with one attached hydrogen (secondary N) is 2. The van der Waals surface area contributed by atoms with Crippen molar-refractivity contribution in [3.05, 3.63) is 29.8 Å². The molecule has 1 aromatic carbocycles. The summed E-state index contributed by atoms with van der Waals surface area (Å²) in [5, 5.41) is 6.80. The van der Waals surface area contributed by atoms with Crippen molar-refractivity contribution >= 4 is 41.7 Å². The number of aliphatic imine (C=N–C) groups is 1. The van der Waals surface area contributed by atoms with Crippen LogP contribution >= 0.6 is 35.7 Å². The molecular formula is C19H30IN3O2S. The molecule has 2 aliphatic heterocycles. The molecule has 0 bridgehead atoms. The third kappa shape index (κ3) is 5.66. The van der Waals surface area contributed by atoms with Gasteiger partial charge in [0.2, 0.25) is 0 Å². The van der Waals surface area contributed by atoms with Crippen LogP contribution in [-0.4, -0.2) is 55.9 Å². The van der Waals surface area contributed by atoms with Gasteiger partial charge in [-0.25, -0.2) is 0 Å². The Hall–Kier alpha value is -0.670. The molecule has 0 aliphatic carbocycles. The predicted octanol–water partition coefficient (Wildman–Crippen LogP) is 3.08. The van der Waals surface area contributed by atoms with Crippen LogP contribution in [0.3, 0.4) is 0 Å². The lowest BCUT2D eigenvalue weighted by Crippen LogP contribution is -2.44. The maximum Gasteiger partial charge on any atom is 0.191 e. The SMILES string of the molecule is CCNC(=NCC1(SC)CCOCC1)NCC1Cc2ccccc2O1.I. The lowest BCUT2D eigenvalue weighted by atomic mass is 9.99. The Morgan fingerprint density at radius 1 is 1.27 bits per heavy atom. The maximum absolute atomic E-state index is 6.01. The van der Waals surface area contributed by atoms with Crippen molar-refractivity contribution in [1.82, 2.24) is 10.6 Å². The molecule has 2 heterocycles. The van der Waals surface area contributed by atoms with Crippen LogP contribution in [-0.2, 0) is 11.2 Å². The van der Waals surface area contributed by atoms with E-state index in [0.717, 1.165) is 63.8 Å². The van der Waals surface area contributed by atoms with E-state index < -0.39 is 0 Å². The monoisotopic (exact) mass is 491 g/mol. The summed E-state index contributed by atoms with van der Waals surface area (Å²) >= 11 is 1.92. The van der Waals surface area contributed by atoms with E-state index in [2.05, 4.69) is 35.9 Å². The van der Waals surface area contributed by atoms with E-state index in [4.69, 9.17) is 14.5 Å². The minimum atomic E-state index is 0. The highest BCUT2D eigenvalue weighted by Crippen LogP contribution is 2.34. The van der Waals surface area contributed by atoms with Gasteiger partial charge in [-0.05, 0) is 37.7 Å². The fraction of sp³-hybridized carbons (Fsp3) is 0.632. The molecule has 5 nitrogen and oxygen atoms in total. The smallest absolute Gasteiger partial charge is 0.191 e. The lowest BCUT2D eigenvalue weighted by molar-refractivity contribution is 0.0794. The molecule has 2 N–H and O–H groups in total. The van der Waals surface area contributed by atoms with Gasteiger partial charge in [-0.2, -0.15) is 11.8 Å². The Morgan fingerprint density at radius 2 is 2.04 bits per heavy atom. The van der Waals surface area contributed by atoms with Gasteiger partial charge in [-0.3, -0.25) is 4.99 Å². The van der Waals surface area contributed by atoms with Crippen LogP contribution in [0.15, 0.2) is 29.3 Å². The summed E-state index contributed by atoms with van der Waals surface area (Å²) in [6, 6.07) is 8.28. The Bertz CT molecular complexity index is 569. The number of guanidine groups is 1. The van der Waals surface area contributed by atoms with Crippen molar-refractivity contribution in [1.29, 1.82) is 0 Å². The van der Waals surface area contributed by atoms with Crippen molar-refractivity contribution in [3.63, 3.8) is 0 Å². The molecule has 0 saturated carbocycles. The third-order valence-corrected chi connectivity index (χ3v) is 6.32. The molecule has 146 valence electrons. The first-order chi connectivity index (χ1) is 12.2. The number of nitrogens with zero attached hydrogens (tertiary/aromatic N) is 1. The Labute approximate surface area is 178 Å². The molecule has 1 unspecified atom stereocenters. The number of hydrogen-bond acceptors (Lipinski definition) is 4. The second kappa shape index (κ2) is 10.6. The number of thioether (sulfide) groups is 1. The van der Waals surface area contributed by atoms with Crippen LogP contribution in [0.1, 0.15) is 25.3 Å². The minimum absolute atomic E-state index is 0. The highest BCUT2D eigenvalue weighted by Gasteiger charge is 2.31. The summed E-state index contributed by atoms with van der Waals surface area (Å²) in [5.74, 6) is 1.89. The first kappa shape index (κ1) is 21.6. The van der Waals surface area contributed by atoms with E-state index in [0.29, 0.717) is 0 Å². The van der Waals surface area contributed by atoms with E-state index in [1.54, 1.807) is 0 Å².